The highest BCUT2D eigenvalue weighted by molar-refractivity contribution is 7.26. The van der Waals surface area contributed by atoms with Crippen LogP contribution in [0.15, 0.2) is 78.9 Å². The van der Waals surface area contributed by atoms with E-state index in [4.69, 9.17) is 14.6 Å². The molecule has 1 heterocycles. The number of benzene rings is 3. The number of hydrogen-bond donors (Lipinski definition) is 1. The van der Waals surface area contributed by atoms with Crippen molar-refractivity contribution in [1.29, 1.82) is 0 Å². The third-order valence-corrected chi connectivity index (χ3v) is 6.21. The number of carboxylic acids is 1. The first kappa shape index (κ1) is 25.4. The number of pyridine rings is 1. The van der Waals surface area contributed by atoms with Crippen LogP contribution in [0.25, 0.3) is 11.1 Å². The zero-order valence-electron chi connectivity index (χ0n) is 20.5. The molecule has 0 radical (unpaired) electrons. The predicted octanol–water partition coefficient (Wildman–Crippen LogP) is 6.04. The molecule has 0 saturated heterocycles. The van der Waals surface area contributed by atoms with E-state index in [1.165, 1.54) is 5.56 Å². The van der Waals surface area contributed by atoms with Crippen LogP contribution in [0.1, 0.15) is 34.4 Å². The smallest absolute Gasteiger partial charge is 0.303 e. The lowest BCUT2D eigenvalue weighted by molar-refractivity contribution is -0.136. The first-order valence-electron chi connectivity index (χ1n) is 11.9. The number of rotatable bonds is 10. The minimum atomic E-state index is -0.790. The second-order valence-electron chi connectivity index (χ2n) is 8.80. The molecule has 1 atom stereocenters. The molecule has 184 valence electrons. The molecule has 0 amide bonds. The Kier molecular flexibility index (Phi) is 8.35. The van der Waals surface area contributed by atoms with Crippen molar-refractivity contribution in [2.24, 2.45) is 0 Å². The molecule has 5 nitrogen and oxygen atoms in total. The van der Waals surface area contributed by atoms with Gasteiger partial charge in [-0.15, -0.1) is 0 Å². The molecule has 0 fully saturated rings. The van der Waals surface area contributed by atoms with E-state index >= 15 is 0 Å². The third-order valence-electron chi connectivity index (χ3n) is 5.89. The molecule has 36 heavy (non-hydrogen) atoms. The fourth-order valence-electron chi connectivity index (χ4n) is 4.19. The summed E-state index contributed by atoms with van der Waals surface area (Å²) in [6.45, 7) is 5.08. The van der Waals surface area contributed by atoms with Crippen LogP contribution in [0, 0.1) is 13.8 Å². The average molecular weight is 500 g/mol. The number of aryl methyl sites for hydroxylation is 3. The summed E-state index contributed by atoms with van der Waals surface area (Å²) >= 11 is 0. The second-order valence-corrected chi connectivity index (χ2v) is 9.39. The molecule has 1 aromatic heterocycles. The van der Waals surface area contributed by atoms with Crippen molar-refractivity contribution in [3.63, 3.8) is 0 Å². The van der Waals surface area contributed by atoms with Gasteiger partial charge in [-0.2, -0.15) is 0 Å². The molecule has 0 aliphatic heterocycles. The van der Waals surface area contributed by atoms with Gasteiger partial charge in [0.05, 0.1) is 11.1 Å². The first-order chi connectivity index (χ1) is 17.4. The maximum Gasteiger partial charge on any atom is 0.303 e. The van der Waals surface area contributed by atoms with E-state index in [-0.39, 0.29) is 6.42 Å². The number of nitrogens with zero attached hydrogens (tertiary/aromatic N) is 1. The van der Waals surface area contributed by atoms with Gasteiger partial charge >= 0.3 is 5.97 Å². The van der Waals surface area contributed by atoms with Crippen molar-refractivity contribution < 1.29 is 19.4 Å². The number of hydrogen-bond acceptors (Lipinski definition) is 4. The van der Waals surface area contributed by atoms with Crippen LogP contribution in [-0.2, 0) is 24.4 Å². The number of ether oxygens (including phenoxy) is 2. The maximum absolute atomic E-state index is 10.7. The van der Waals surface area contributed by atoms with Crippen molar-refractivity contribution in [3.8, 4) is 22.6 Å². The maximum atomic E-state index is 10.7. The van der Waals surface area contributed by atoms with Gasteiger partial charge in [-0.3, -0.25) is 9.78 Å². The van der Waals surface area contributed by atoms with Crippen LogP contribution < -0.4 is 14.9 Å². The molecule has 3 aromatic carbocycles. The molecule has 6 heteroatoms. The van der Waals surface area contributed by atoms with Gasteiger partial charge in [-0.25, -0.2) is 0 Å². The lowest BCUT2D eigenvalue weighted by Gasteiger charge is -2.15. The first-order valence-corrected chi connectivity index (χ1v) is 12.4. The highest BCUT2D eigenvalue weighted by Crippen LogP contribution is 2.32. The van der Waals surface area contributed by atoms with Gasteiger partial charge in [0.15, 0.2) is 0 Å². The minimum absolute atomic E-state index is 0.127. The SMILES string of the molecule is Cc1cc(OCc2cccc(P)n2)cc(C)c1-c1cccc(COc2ccc(CCC(=O)O)cc2)c1. The molecule has 0 bridgehead atoms. The Labute approximate surface area is 214 Å². The van der Waals surface area contributed by atoms with Crippen LogP contribution in [0.2, 0.25) is 0 Å². The van der Waals surface area contributed by atoms with Gasteiger partial charge in [0.25, 0.3) is 0 Å². The zero-order chi connectivity index (χ0) is 25.5. The summed E-state index contributed by atoms with van der Waals surface area (Å²) in [4.78, 5) is 15.2. The summed E-state index contributed by atoms with van der Waals surface area (Å²) in [5, 5.41) is 8.83. The standard InChI is InChI=1S/C30H30NO4P/c1-20-15-27(35-19-25-7-4-8-28(36)31-25)16-21(2)30(20)24-6-3-5-23(17-24)18-34-26-12-9-22(10-13-26)11-14-29(32)33/h3-10,12-13,15-17H,11,14,18-19,36H2,1-2H3,(H,32,33). The molecule has 0 spiro atoms. The van der Waals surface area contributed by atoms with Crippen molar-refractivity contribution in [3.05, 3.63) is 107 Å². The summed E-state index contributed by atoms with van der Waals surface area (Å²) in [6.07, 6.45) is 0.643. The molecular weight excluding hydrogens is 469 g/mol. The van der Waals surface area contributed by atoms with Gasteiger partial charge in [-0.05, 0) is 96.1 Å². The molecule has 1 unspecified atom stereocenters. The van der Waals surface area contributed by atoms with E-state index in [2.05, 4.69) is 58.4 Å². The fourth-order valence-corrected chi connectivity index (χ4v) is 4.46. The van der Waals surface area contributed by atoms with E-state index in [0.29, 0.717) is 19.6 Å². The van der Waals surface area contributed by atoms with Crippen LogP contribution in [-0.4, -0.2) is 16.1 Å². The van der Waals surface area contributed by atoms with Crippen LogP contribution >= 0.6 is 9.24 Å². The largest absolute Gasteiger partial charge is 0.489 e. The summed E-state index contributed by atoms with van der Waals surface area (Å²) in [5.74, 6) is 0.799. The van der Waals surface area contributed by atoms with Crippen LogP contribution in [0.3, 0.4) is 0 Å². The van der Waals surface area contributed by atoms with Gasteiger partial charge in [0, 0.05) is 6.42 Å². The quantitative estimate of drug-likeness (QED) is 0.270. The topological polar surface area (TPSA) is 68.7 Å². The Morgan fingerprint density at radius 1 is 0.833 bits per heavy atom. The number of carboxylic acid groups (broad SMARTS) is 1. The predicted molar refractivity (Wildman–Crippen MR) is 146 cm³/mol. The zero-order valence-corrected chi connectivity index (χ0v) is 21.7. The molecule has 0 saturated carbocycles. The van der Waals surface area contributed by atoms with Crippen molar-refractivity contribution >= 4 is 20.6 Å². The third kappa shape index (κ3) is 6.93. The average Bonchev–Trinajstić information content (AvgIpc) is 2.85. The highest BCUT2D eigenvalue weighted by Gasteiger charge is 2.10. The van der Waals surface area contributed by atoms with E-state index < -0.39 is 5.97 Å². The van der Waals surface area contributed by atoms with Gasteiger partial charge in [0.2, 0.25) is 0 Å². The molecule has 4 rings (SSSR count). The Morgan fingerprint density at radius 2 is 1.53 bits per heavy atom. The van der Waals surface area contributed by atoms with E-state index in [0.717, 1.165) is 50.4 Å². The molecule has 0 aliphatic rings. The molecule has 4 aromatic rings. The van der Waals surface area contributed by atoms with Gasteiger partial charge in [0.1, 0.15) is 24.7 Å². The second kappa shape index (κ2) is 11.8. The highest BCUT2D eigenvalue weighted by atomic mass is 31.0. The van der Waals surface area contributed by atoms with E-state index in [1.54, 1.807) is 0 Å². The number of aromatic nitrogens is 1. The van der Waals surface area contributed by atoms with Crippen molar-refractivity contribution in [2.75, 3.05) is 0 Å². The Balaban J connectivity index is 1.42. The number of carbonyl (C=O) groups is 1. The summed E-state index contributed by atoms with van der Waals surface area (Å²) in [5.41, 5.74) is 8.47. The Morgan fingerprint density at radius 3 is 2.22 bits per heavy atom. The summed E-state index contributed by atoms with van der Waals surface area (Å²) in [6, 6.07) is 26.0. The van der Waals surface area contributed by atoms with Gasteiger partial charge < -0.3 is 14.6 Å². The Hall–Kier alpha value is -3.69. The normalized spacial score (nSPS) is 10.8. The monoisotopic (exact) mass is 499 g/mol. The fraction of sp³-hybridized carbons (Fsp3) is 0.200. The van der Waals surface area contributed by atoms with Crippen LogP contribution in [0.4, 0.5) is 0 Å². The lowest BCUT2D eigenvalue weighted by Crippen LogP contribution is -2.05. The van der Waals surface area contributed by atoms with E-state index in [9.17, 15) is 4.79 Å². The van der Waals surface area contributed by atoms with Crippen molar-refractivity contribution in [2.45, 2.75) is 39.9 Å². The van der Waals surface area contributed by atoms with Crippen molar-refractivity contribution in [1.82, 2.24) is 4.98 Å². The minimum Gasteiger partial charge on any atom is -0.489 e. The lowest BCUT2D eigenvalue weighted by atomic mass is 9.94. The van der Waals surface area contributed by atoms with Gasteiger partial charge in [-0.1, -0.05) is 45.6 Å². The van der Waals surface area contributed by atoms with E-state index in [1.807, 2.05) is 48.5 Å². The molecule has 0 aliphatic carbocycles. The Bertz CT molecular complexity index is 1330. The molecular formula is C30H30NO4P. The number of aliphatic carboxylic acids is 1. The molecule has 1 N–H and O–H groups in total. The summed E-state index contributed by atoms with van der Waals surface area (Å²) in [7, 11) is 2.61. The summed E-state index contributed by atoms with van der Waals surface area (Å²) < 4.78 is 12.0. The van der Waals surface area contributed by atoms with Crippen LogP contribution in [0.5, 0.6) is 11.5 Å².